The van der Waals surface area contributed by atoms with Gasteiger partial charge in [0.05, 0.1) is 6.10 Å². The predicted molar refractivity (Wildman–Crippen MR) is 133 cm³/mol. The quantitative estimate of drug-likeness (QED) is 0.326. The number of anilines is 1. The number of benzene rings is 1. The molecule has 2 fully saturated rings. The third-order valence-corrected chi connectivity index (χ3v) is 5.65. The van der Waals surface area contributed by atoms with Crippen molar-refractivity contribution in [3.63, 3.8) is 0 Å². The Balaban J connectivity index is 0.00000341. The van der Waals surface area contributed by atoms with Gasteiger partial charge in [0, 0.05) is 52.1 Å². The van der Waals surface area contributed by atoms with Crippen molar-refractivity contribution in [3.8, 4) is 0 Å². The number of amides is 1. The van der Waals surface area contributed by atoms with Gasteiger partial charge in [-0.25, -0.2) is 9.38 Å². The molecule has 1 aromatic carbocycles. The maximum Gasteiger partial charge on any atom is 0.243 e. The van der Waals surface area contributed by atoms with Crippen molar-refractivity contribution in [1.82, 2.24) is 15.5 Å². The number of hydrogen-bond donors (Lipinski definition) is 2. The van der Waals surface area contributed by atoms with Gasteiger partial charge in [-0.3, -0.25) is 4.79 Å². The van der Waals surface area contributed by atoms with Gasteiger partial charge in [0.2, 0.25) is 5.91 Å². The van der Waals surface area contributed by atoms with Gasteiger partial charge >= 0.3 is 0 Å². The van der Waals surface area contributed by atoms with Crippen LogP contribution in [0.15, 0.2) is 23.2 Å². The van der Waals surface area contributed by atoms with E-state index in [1.54, 1.807) is 25.1 Å². The van der Waals surface area contributed by atoms with E-state index >= 15 is 0 Å². The second kappa shape index (κ2) is 12.4. The lowest BCUT2D eigenvalue weighted by atomic mass is 10.0. The monoisotopic (exact) mass is 547 g/mol. The molecule has 0 saturated carbocycles. The van der Waals surface area contributed by atoms with Crippen molar-refractivity contribution in [2.75, 3.05) is 51.8 Å². The summed E-state index contributed by atoms with van der Waals surface area (Å²) in [5, 5.41) is 6.85. The number of aryl methyl sites for hydroxylation is 1. The topological polar surface area (TPSA) is 69.2 Å². The van der Waals surface area contributed by atoms with Crippen molar-refractivity contribution in [1.29, 1.82) is 0 Å². The van der Waals surface area contributed by atoms with E-state index in [2.05, 4.69) is 20.5 Å². The van der Waals surface area contributed by atoms with Gasteiger partial charge in [-0.1, -0.05) is 0 Å². The van der Waals surface area contributed by atoms with Crippen LogP contribution in [0.4, 0.5) is 10.1 Å². The smallest absolute Gasteiger partial charge is 0.243 e. The second-order valence-electron chi connectivity index (χ2n) is 8.33. The zero-order valence-corrected chi connectivity index (χ0v) is 21.0. The summed E-state index contributed by atoms with van der Waals surface area (Å²) in [7, 11) is 3.46. The van der Waals surface area contributed by atoms with E-state index in [0.717, 1.165) is 56.6 Å². The molecule has 3 rings (SSSR count). The molecule has 7 nitrogen and oxygen atoms in total. The number of piperidine rings is 1. The standard InChI is InChI=1S/C22H34FN5O2.HI/c1-16-12-17(23)8-9-20(16)28-10-4-6-18(15-28)26-22(25-14-21(29)27(2)3)24-13-19-7-5-11-30-19;/h8-9,12,18-19H,4-7,10-11,13-15H2,1-3H3,(H2,24,25,26);1H. The molecule has 174 valence electrons. The summed E-state index contributed by atoms with van der Waals surface area (Å²) in [5.74, 6) is 0.394. The van der Waals surface area contributed by atoms with Gasteiger partial charge in [0.25, 0.3) is 0 Å². The Morgan fingerprint density at radius 3 is 2.81 bits per heavy atom. The Kier molecular flexibility index (Phi) is 10.3. The third-order valence-electron chi connectivity index (χ3n) is 5.65. The summed E-state index contributed by atoms with van der Waals surface area (Å²) in [6, 6.07) is 5.14. The third kappa shape index (κ3) is 7.78. The average molecular weight is 547 g/mol. The van der Waals surface area contributed by atoms with E-state index in [-0.39, 0.29) is 54.4 Å². The van der Waals surface area contributed by atoms with E-state index in [1.165, 1.54) is 6.07 Å². The van der Waals surface area contributed by atoms with Crippen LogP contribution in [0.25, 0.3) is 0 Å². The number of aliphatic imine (C=N–C) groups is 1. The Morgan fingerprint density at radius 2 is 2.13 bits per heavy atom. The Hall–Kier alpha value is -1.62. The van der Waals surface area contributed by atoms with Crippen LogP contribution in [-0.2, 0) is 9.53 Å². The number of carbonyl (C=O) groups excluding carboxylic acids is 1. The van der Waals surface area contributed by atoms with E-state index in [0.29, 0.717) is 12.5 Å². The minimum absolute atomic E-state index is 0. The molecule has 2 atom stereocenters. The van der Waals surface area contributed by atoms with Gasteiger partial charge in [0.15, 0.2) is 5.96 Å². The van der Waals surface area contributed by atoms with Crippen molar-refractivity contribution in [2.24, 2.45) is 4.99 Å². The maximum absolute atomic E-state index is 13.5. The van der Waals surface area contributed by atoms with Gasteiger partial charge in [-0.05, 0) is 56.4 Å². The summed E-state index contributed by atoms with van der Waals surface area (Å²) in [4.78, 5) is 20.3. The molecule has 0 spiro atoms. The minimum Gasteiger partial charge on any atom is -0.376 e. The summed E-state index contributed by atoms with van der Waals surface area (Å²) >= 11 is 0. The summed E-state index contributed by atoms with van der Waals surface area (Å²) < 4.78 is 19.2. The zero-order valence-electron chi connectivity index (χ0n) is 18.7. The SMILES string of the molecule is Cc1cc(F)ccc1N1CCCC(NC(=NCC(=O)N(C)C)NCC2CCCO2)C1.I. The van der Waals surface area contributed by atoms with Crippen LogP contribution in [0.2, 0.25) is 0 Å². The summed E-state index contributed by atoms with van der Waals surface area (Å²) in [6.07, 6.45) is 4.35. The number of nitrogens with zero attached hydrogens (tertiary/aromatic N) is 3. The molecule has 2 unspecified atom stereocenters. The highest BCUT2D eigenvalue weighted by Gasteiger charge is 2.23. The molecule has 0 aromatic heterocycles. The number of ether oxygens (including phenoxy) is 1. The van der Waals surface area contributed by atoms with Crippen molar-refractivity contribution < 1.29 is 13.9 Å². The van der Waals surface area contributed by atoms with Gasteiger partial charge in [0.1, 0.15) is 12.4 Å². The molecule has 2 N–H and O–H groups in total. The van der Waals surface area contributed by atoms with E-state index in [1.807, 2.05) is 13.0 Å². The molecule has 1 aromatic rings. The Bertz CT molecular complexity index is 755. The minimum atomic E-state index is -0.207. The molecule has 0 aliphatic carbocycles. The largest absolute Gasteiger partial charge is 0.376 e. The second-order valence-corrected chi connectivity index (χ2v) is 8.33. The lowest BCUT2D eigenvalue weighted by molar-refractivity contribution is -0.127. The van der Waals surface area contributed by atoms with Crippen LogP contribution in [0.1, 0.15) is 31.2 Å². The first-order chi connectivity index (χ1) is 14.4. The first-order valence-electron chi connectivity index (χ1n) is 10.8. The molecule has 0 radical (unpaired) electrons. The molecular formula is C22H35FIN5O2. The van der Waals surface area contributed by atoms with E-state index in [9.17, 15) is 9.18 Å². The molecule has 2 aliphatic heterocycles. The molecule has 1 amide bonds. The van der Waals surface area contributed by atoms with Gasteiger partial charge in [-0.15, -0.1) is 24.0 Å². The molecule has 31 heavy (non-hydrogen) atoms. The molecule has 2 heterocycles. The lowest BCUT2D eigenvalue weighted by Crippen LogP contribution is -2.52. The molecular weight excluding hydrogens is 512 g/mol. The normalized spacial score (nSPS) is 21.4. The highest BCUT2D eigenvalue weighted by atomic mass is 127. The van der Waals surface area contributed by atoms with Crippen LogP contribution < -0.4 is 15.5 Å². The molecule has 9 heteroatoms. The number of hydrogen-bond acceptors (Lipinski definition) is 4. The van der Waals surface area contributed by atoms with E-state index in [4.69, 9.17) is 4.74 Å². The summed E-state index contributed by atoms with van der Waals surface area (Å²) in [6.45, 7) is 5.27. The number of guanidine groups is 1. The van der Waals surface area contributed by atoms with E-state index < -0.39 is 0 Å². The first-order valence-corrected chi connectivity index (χ1v) is 10.8. The van der Waals surface area contributed by atoms with Gasteiger partial charge < -0.3 is 25.2 Å². The number of rotatable bonds is 6. The van der Waals surface area contributed by atoms with Crippen LogP contribution in [-0.4, -0.2) is 75.8 Å². The lowest BCUT2D eigenvalue weighted by Gasteiger charge is -2.36. The highest BCUT2D eigenvalue weighted by molar-refractivity contribution is 14.0. The van der Waals surface area contributed by atoms with Crippen LogP contribution in [0.5, 0.6) is 0 Å². The number of likely N-dealkylation sites (N-methyl/N-ethyl adjacent to an activating group) is 1. The number of carbonyl (C=O) groups is 1. The van der Waals surface area contributed by atoms with Crippen LogP contribution >= 0.6 is 24.0 Å². The Labute approximate surface area is 201 Å². The summed E-state index contributed by atoms with van der Waals surface area (Å²) in [5.41, 5.74) is 2.01. The van der Waals surface area contributed by atoms with Crippen LogP contribution in [0.3, 0.4) is 0 Å². The first kappa shape index (κ1) is 25.6. The van der Waals surface area contributed by atoms with Crippen molar-refractivity contribution in [3.05, 3.63) is 29.6 Å². The number of halogens is 2. The molecule has 0 bridgehead atoms. The fourth-order valence-corrected chi connectivity index (χ4v) is 3.94. The van der Waals surface area contributed by atoms with Crippen molar-refractivity contribution >= 4 is 41.5 Å². The van der Waals surface area contributed by atoms with Gasteiger partial charge in [-0.2, -0.15) is 0 Å². The van der Waals surface area contributed by atoms with Crippen LogP contribution in [0, 0.1) is 12.7 Å². The number of nitrogens with one attached hydrogen (secondary N) is 2. The molecule has 2 aliphatic rings. The maximum atomic E-state index is 13.5. The predicted octanol–water partition coefficient (Wildman–Crippen LogP) is 2.52. The highest BCUT2D eigenvalue weighted by Crippen LogP contribution is 2.24. The average Bonchev–Trinajstić information content (AvgIpc) is 3.23. The fraction of sp³-hybridized carbons (Fsp3) is 0.636. The van der Waals surface area contributed by atoms with Crippen molar-refractivity contribution in [2.45, 2.75) is 44.8 Å². The molecule has 2 saturated heterocycles. The Morgan fingerprint density at radius 1 is 1.32 bits per heavy atom. The zero-order chi connectivity index (χ0) is 21.5. The fourth-order valence-electron chi connectivity index (χ4n) is 3.94.